The van der Waals surface area contributed by atoms with Gasteiger partial charge < -0.3 is 14.8 Å². The third-order valence-electron chi connectivity index (χ3n) is 4.56. The second kappa shape index (κ2) is 6.10. The molecule has 2 aliphatic rings. The summed E-state index contributed by atoms with van der Waals surface area (Å²) in [5, 5.41) is 3.29. The molecular formula is C15H20N2O5S. The van der Waals surface area contributed by atoms with Gasteiger partial charge in [-0.1, -0.05) is 0 Å². The van der Waals surface area contributed by atoms with Gasteiger partial charge >= 0.3 is 5.97 Å². The van der Waals surface area contributed by atoms with E-state index < -0.39 is 16.0 Å². The fourth-order valence-electron chi connectivity index (χ4n) is 3.27. The zero-order chi connectivity index (χ0) is 16.6. The van der Waals surface area contributed by atoms with Gasteiger partial charge in [0.2, 0.25) is 10.0 Å². The number of sulfonamides is 1. The van der Waals surface area contributed by atoms with Crippen LogP contribution in [0.5, 0.6) is 5.75 Å². The van der Waals surface area contributed by atoms with Crippen LogP contribution < -0.4 is 10.1 Å². The first-order chi connectivity index (χ1) is 11.0. The quantitative estimate of drug-likeness (QED) is 0.795. The standard InChI is InChI=1S/C15H20N2O5S/c1-21-13-5-10(15(18)22-2)3-4-14(13)23(19,20)17-8-11-6-16-7-12(11)9-17/h3-5,11-12,16H,6-9H2,1-2H3/t11-,12+. The van der Waals surface area contributed by atoms with E-state index in [2.05, 4.69) is 10.1 Å². The number of rotatable bonds is 4. The Morgan fingerprint density at radius 3 is 2.43 bits per heavy atom. The number of ether oxygens (including phenoxy) is 2. The fourth-order valence-corrected chi connectivity index (χ4v) is 4.96. The van der Waals surface area contributed by atoms with Crippen molar-refractivity contribution in [2.75, 3.05) is 40.4 Å². The average Bonchev–Trinajstić information content (AvgIpc) is 3.15. The van der Waals surface area contributed by atoms with Crippen molar-refractivity contribution >= 4 is 16.0 Å². The normalized spacial score (nSPS) is 24.4. The van der Waals surface area contributed by atoms with Gasteiger partial charge in [-0.3, -0.25) is 0 Å². The molecule has 0 unspecified atom stereocenters. The van der Waals surface area contributed by atoms with Crippen LogP contribution in [0, 0.1) is 11.8 Å². The average molecular weight is 340 g/mol. The summed E-state index contributed by atoms with van der Waals surface area (Å²) in [5.41, 5.74) is 0.255. The predicted octanol–water partition coefficient (Wildman–Crippen LogP) is 0.322. The van der Waals surface area contributed by atoms with Crippen molar-refractivity contribution in [3.8, 4) is 5.75 Å². The molecule has 1 aromatic rings. The van der Waals surface area contributed by atoms with E-state index in [1.165, 1.54) is 36.7 Å². The Morgan fingerprint density at radius 1 is 1.22 bits per heavy atom. The third-order valence-corrected chi connectivity index (χ3v) is 6.43. The molecule has 2 atom stereocenters. The highest BCUT2D eigenvalue weighted by Gasteiger charge is 2.42. The summed E-state index contributed by atoms with van der Waals surface area (Å²) in [6.07, 6.45) is 0. The molecule has 0 saturated carbocycles. The Hall–Kier alpha value is -1.64. The molecule has 0 aliphatic carbocycles. The summed E-state index contributed by atoms with van der Waals surface area (Å²) in [7, 11) is -0.983. The maximum atomic E-state index is 12.9. The van der Waals surface area contributed by atoms with Crippen molar-refractivity contribution < 1.29 is 22.7 Å². The second-order valence-corrected chi connectivity index (χ2v) is 7.76. The molecule has 2 aliphatic heterocycles. The van der Waals surface area contributed by atoms with Gasteiger partial charge in [0.25, 0.3) is 0 Å². The zero-order valence-corrected chi connectivity index (χ0v) is 13.9. The predicted molar refractivity (Wildman–Crippen MR) is 82.9 cm³/mol. The van der Waals surface area contributed by atoms with Crippen molar-refractivity contribution in [3.63, 3.8) is 0 Å². The molecule has 2 heterocycles. The molecule has 0 bridgehead atoms. The van der Waals surface area contributed by atoms with Crippen molar-refractivity contribution in [3.05, 3.63) is 23.8 Å². The van der Waals surface area contributed by atoms with Crippen LogP contribution in [-0.2, 0) is 14.8 Å². The summed E-state index contributed by atoms with van der Waals surface area (Å²) in [5.74, 6) is 0.354. The topological polar surface area (TPSA) is 84.9 Å². The van der Waals surface area contributed by atoms with Crippen LogP contribution in [0.25, 0.3) is 0 Å². The first-order valence-electron chi connectivity index (χ1n) is 7.44. The van der Waals surface area contributed by atoms with Crippen LogP contribution in [0.15, 0.2) is 23.1 Å². The Balaban J connectivity index is 1.92. The molecule has 8 heteroatoms. The van der Waals surface area contributed by atoms with Crippen molar-refractivity contribution in [1.82, 2.24) is 9.62 Å². The third kappa shape index (κ3) is 2.82. The van der Waals surface area contributed by atoms with Crippen molar-refractivity contribution in [2.45, 2.75) is 4.90 Å². The van der Waals surface area contributed by atoms with Crippen LogP contribution >= 0.6 is 0 Å². The van der Waals surface area contributed by atoms with Crippen LogP contribution in [0.4, 0.5) is 0 Å². The lowest BCUT2D eigenvalue weighted by molar-refractivity contribution is 0.0600. The molecule has 7 nitrogen and oxygen atoms in total. The lowest BCUT2D eigenvalue weighted by Gasteiger charge is -2.19. The van der Waals surface area contributed by atoms with Crippen molar-refractivity contribution in [2.24, 2.45) is 11.8 Å². The Morgan fingerprint density at radius 2 is 1.87 bits per heavy atom. The zero-order valence-electron chi connectivity index (χ0n) is 13.1. The lowest BCUT2D eigenvalue weighted by Crippen LogP contribution is -2.32. The number of fused-ring (bicyclic) bond motifs is 1. The van der Waals surface area contributed by atoms with Gasteiger partial charge in [-0.05, 0) is 43.1 Å². The molecule has 3 rings (SSSR count). The first kappa shape index (κ1) is 16.2. The van der Waals surface area contributed by atoms with E-state index >= 15 is 0 Å². The minimum Gasteiger partial charge on any atom is -0.495 e. The number of benzene rings is 1. The number of nitrogens with zero attached hydrogens (tertiary/aromatic N) is 1. The van der Waals surface area contributed by atoms with E-state index in [0.717, 1.165) is 13.1 Å². The summed E-state index contributed by atoms with van der Waals surface area (Å²) in [6, 6.07) is 4.25. The molecule has 1 aromatic carbocycles. The number of hydrogen-bond donors (Lipinski definition) is 1. The van der Waals surface area contributed by atoms with E-state index in [-0.39, 0.29) is 16.2 Å². The number of nitrogens with one attached hydrogen (secondary N) is 1. The Kier molecular flexibility index (Phi) is 4.31. The SMILES string of the molecule is COC(=O)c1ccc(S(=O)(=O)N2C[C@H]3CNC[C@H]3C2)c(OC)c1. The van der Waals surface area contributed by atoms with E-state index in [9.17, 15) is 13.2 Å². The minimum atomic E-state index is -3.64. The van der Waals surface area contributed by atoms with E-state index in [1.54, 1.807) is 0 Å². The van der Waals surface area contributed by atoms with Crippen LogP contribution in [0.3, 0.4) is 0 Å². The smallest absolute Gasteiger partial charge is 0.337 e. The lowest BCUT2D eigenvalue weighted by atomic mass is 10.0. The molecule has 0 amide bonds. The molecular weight excluding hydrogens is 320 g/mol. The maximum absolute atomic E-state index is 12.9. The molecule has 2 saturated heterocycles. The Labute approximate surface area is 135 Å². The minimum absolute atomic E-state index is 0.0839. The number of carbonyl (C=O) groups is 1. The molecule has 23 heavy (non-hydrogen) atoms. The first-order valence-corrected chi connectivity index (χ1v) is 8.88. The molecule has 0 radical (unpaired) electrons. The summed E-state index contributed by atoms with van der Waals surface area (Å²) < 4.78 is 37.2. The van der Waals surface area contributed by atoms with E-state index in [1.807, 2.05) is 0 Å². The molecule has 126 valence electrons. The van der Waals surface area contributed by atoms with Gasteiger partial charge in [-0.15, -0.1) is 0 Å². The van der Waals surface area contributed by atoms with Gasteiger partial charge in [-0.2, -0.15) is 4.31 Å². The van der Waals surface area contributed by atoms with Crippen LogP contribution in [-0.4, -0.2) is 59.1 Å². The highest BCUT2D eigenvalue weighted by Crippen LogP contribution is 2.34. The van der Waals surface area contributed by atoms with Gasteiger partial charge in [0, 0.05) is 13.1 Å². The van der Waals surface area contributed by atoms with Crippen LogP contribution in [0.2, 0.25) is 0 Å². The largest absolute Gasteiger partial charge is 0.495 e. The molecule has 0 spiro atoms. The van der Waals surface area contributed by atoms with E-state index in [0.29, 0.717) is 24.9 Å². The molecule has 2 fully saturated rings. The maximum Gasteiger partial charge on any atom is 0.337 e. The second-order valence-electron chi connectivity index (χ2n) is 5.86. The van der Waals surface area contributed by atoms with E-state index in [4.69, 9.17) is 4.74 Å². The number of hydrogen-bond acceptors (Lipinski definition) is 6. The summed E-state index contributed by atoms with van der Waals surface area (Å²) in [4.78, 5) is 11.7. The highest BCUT2D eigenvalue weighted by atomic mass is 32.2. The number of carbonyl (C=O) groups excluding carboxylic acids is 1. The number of methoxy groups -OCH3 is 2. The number of esters is 1. The summed E-state index contributed by atoms with van der Waals surface area (Å²) >= 11 is 0. The molecule has 0 aromatic heterocycles. The molecule has 1 N–H and O–H groups in total. The van der Waals surface area contributed by atoms with Gasteiger partial charge in [0.05, 0.1) is 19.8 Å². The monoisotopic (exact) mass is 340 g/mol. The Bertz CT molecular complexity index is 707. The van der Waals surface area contributed by atoms with Gasteiger partial charge in [-0.25, -0.2) is 13.2 Å². The van der Waals surface area contributed by atoms with Crippen molar-refractivity contribution in [1.29, 1.82) is 0 Å². The van der Waals surface area contributed by atoms with Gasteiger partial charge in [0.1, 0.15) is 10.6 Å². The van der Waals surface area contributed by atoms with Gasteiger partial charge in [0.15, 0.2) is 0 Å². The summed E-state index contributed by atoms with van der Waals surface area (Å²) in [6.45, 7) is 2.74. The highest BCUT2D eigenvalue weighted by molar-refractivity contribution is 7.89. The fraction of sp³-hybridized carbons (Fsp3) is 0.533. The van der Waals surface area contributed by atoms with Crippen LogP contribution in [0.1, 0.15) is 10.4 Å².